The Labute approximate surface area is 178 Å². The van der Waals surface area contributed by atoms with E-state index >= 15 is 0 Å². The second-order valence-corrected chi connectivity index (χ2v) is 8.00. The topological polar surface area (TPSA) is 60.7 Å². The molecule has 3 aromatic rings. The summed E-state index contributed by atoms with van der Waals surface area (Å²) in [5.74, 6) is -1.07. The molecule has 0 spiro atoms. The van der Waals surface area contributed by atoms with Crippen LogP contribution in [0.3, 0.4) is 0 Å². The summed E-state index contributed by atoms with van der Waals surface area (Å²) in [7, 11) is 0. The number of amides is 1. The molecule has 0 radical (unpaired) electrons. The fourth-order valence-corrected chi connectivity index (χ4v) is 4.26. The van der Waals surface area contributed by atoms with Gasteiger partial charge in [0.1, 0.15) is 12.4 Å². The SMILES string of the molecule is CCCCc1ccc2c(c1)sc(=NC(=O)Cc1ccc(F)cc1)n2CC(=O)OCC. The Kier molecular flexibility index (Phi) is 7.52. The molecule has 0 aliphatic rings. The molecule has 0 N–H and O–H groups in total. The highest BCUT2D eigenvalue weighted by molar-refractivity contribution is 7.16. The average Bonchev–Trinajstić information content (AvgIpc) is 3.04. The number of thiazole rings is 1. The summed E-state index contributed by atoms with van der Waals surface area (Å²) in [5.41, 5.74) is 2.75. The van der Waals surface area contributed by atoms with Gasteiger partial charge < -0.3 is 9.30 Å². The minimum atomic E-state index is -0.375. The first-order valence-corrected chi connectivity index (χ1v) is 10.9. The third kappa shape index (κ3) is 5.63. The number of aromatic nitrogens is 1. The number of nitrogens with zero attached hydrogens (tertiary/aromatic N) is 2. The van der Waals surface area contributed by atoms with Crippen LogP contribution in [0.5, 0.6) is 0 Å². The van der Waals surface area contributed by atoms with Crippen LogP contribution in [0.4, 0.5) is 4.39 Å². The third-order valence-corrected chi connectivity index (χ3v) is 5.69. The quantitative estimate of drug-likeness (QED) is 0.499. The van der Waals surface area contributed by atoms with Gasteiger partial charge in [-0.2, -0.15) is 4.99 Å². The van der Waals surface area contributed by atoms with Crippen molar-refractivity contribution >= 4 is 33.4 Å². The lowest BCUT2D eigenvalue weighted by molar-refractivity contribution is -0.143. The van der Waals surface area contributed by atoms with Crippen LogP contribution in [0.25, 0.3) is 10.2 Å². The zero-order valence-electron chi connectivity index (χ0n) is 17.2. The molecule has 0 bridgehead atoms. The summed E-state index contributed by atoms with van der Waals surface area (Å²) in [5, 5.41) is 0. The summed E-state index contributed by atoms with van der Waals surface area (Å²) in [6.45, 7) is 4.19. The van der Waals surface area contributed by atoms with E-state index in [-0.39, 0.29) is 30.7 Å². The summed E-state index contributed by atoms with van der Waals surface area (Å²) in [4.78, 5) is 29.4. The Morgan fingerprint density at radius 2 is 1.83 bits per heavy atom. The van der Waals surface area contributed by atoms with Gasteiger partial charge in [0.05, 0.1) is 23.2 Å². The Hall–Kier alpha value is -2.80. The van der Waals surface area contributed by atoms with Crippen LogP contribution in [0.1, 0.15) is 37.8 Å². The van der Waals surface area contributed by atoms with E-state index in [1.807, 2.05) is 6.07 Å². The molecule has 1 amide bonds. The minimum Gasteiger partial charge on any atom is -0.465 e. The number of benzene rings is 2. The summed E-state index contributed by atoms with van der Waals surface area (Å²) >= 11 is 1.38. The monoisotopic (exact) mass is 428 g/mol. The maximum Gasteiger partial charge on any atom is 0.326 e. The van der Waals surface area contributed by atoms with E-state index < -0.39 is 0 Å². The van der Waals surface area contributed by atoms with Gasteiger partial charge in [-0.05, 0) is 55.2 Å². The van der Waals surface area contributed by atoms with Gasteiger partial charge in [-0.25, -0.2) is 4.39 Å². The number of aryl methyl sites for hydroxylation is 1. The molecule has 1 heterocycles. The second kappa shape index (κ2) is 10.3. The van der Waals surface area contributed by atoms with Crippen molar-refractivity contribution in [3.8, 4) is 0 Å². The van der Waals surface area contributed by atoms with Crippen LogP contribution < -0.4 is 4.80 Å². The van der Waals surface area contributed by atoms with Gasteiger partial charge in [0.15, 0.2) is 4.80 Å². The first kappa shape index (κ1) is 21.9. The van der Waals surface area contributed by atoms with Gasteiger partial charge >= 0.3 is 5.97 Å². The highest BCUT2D eigenvalue weighted by Gasteiger charge is 2.13. The van der Waals surface area contributed by atoms with E-state index in [0.717, 1.165) is 29.5 Å². The predicted molar refractivity (Wildman–Crippen MR) is 116 cm³/mol. The highest BCUT2D eigenvalue weighted by Crippen LogP contribution is 2.21. The molecule has 3 rings (SSSR count). The maximum absolute atomic E-state index is 13.1. The van der Waals surface area contributed by atoms with E-state index in [9.17, 15) is 14.0 Å². The van der Waals surface area contributed by atoms with Crippen LogP contribution in [-0.2, 0) is 33.7 Å². The van der Waals surface area contributed by atoms with Gasteiger partial charge in [-0.15, -0.1) is 0 Å². The Balaban J connectivity index is 1.96. The number of halogens is 1. The average molecular weight is 429 g/mol. The van der Waals surface area contributed by atoms with Crippen molar-refractivity contribution in [1.29, 1.82) is 0 Å². The molecule has 7 heteroatoms. The molecule has 0 fully saturated rings. The maximum atomic E-state index is 13.1. The largest absolute Gasteiger partial charge is 0.465 e. The molecule has 2 aromatic carbocycles. The Morgan fingerprint density at radius 1 is 1.10 bits per heavy atom. The summed E-state index contributed by atoms with van der Waals surface area (Å²) < 4.78 is 20.9. The van der Waals surface area contributed by atoms with E-state index in [0.29, 0.717) is 17.0 Å². The molecular weight excluding hydrogens is 403 g/mol. The summed E-state index contributed by atoms with van der Waals surface area (Å²) in [6.07, 6.45) is 3.27. The fourth-order valence-electron chi connectivity index (χ4n) is 3.15. The van der Waals surface area contributed by atoms with Gasteiger partial charge in [0.25, 0.3) is 5.91 Å². The number of carbonyl (C=O) groups excluding carboxylic acids is 2. The molecule has 1 aromatic heterocycles. The minimum absolute atomic E-state index is 0.00912. The fraction of sp³-hybridized carbons (Fsp3) is 0.348. The molecule has 0 unspecified atom stereocenters. The van der Waals surface area contributed by atoms with Crippen molar-refractivity contribution in [2.45, 2.75) is 46.1 Å². The Bertz CT molecular complexity index is 1100. The number of rotatable bonds is 8. The van der Waals surface area contributed by atoms with Crippen molar-refractivity contribution in [3.63, 3.8) is 0 Å². The standard InChI is InChI=1S/C23H25FN2O3S/c1-3-5-6-16-9-12-19-20(13-16)30-23(26(19)15-22(28)29-4-2)25-21(27)14-17-7-10-18(24)11-8-17/h7-13H,3-6,14-15H2,1-2H3. The first-order valence-electron chi connectivity index (χ1n) is 10.1. The molecule has 30 heavy (non-hydrogen) atoms. The van der Waals surface area contributed by atoms with Crippen LogP contribution >= 0.6 is 11.3 Å². The number of carbonyl (C=O) groups is 2. The van der Waals surface area contributed by atoms with Crippen LogP contribution in [0.2, 0.25) is 0 Å². The van der Waals surface area contributed by atoms with Crippen LogP contribution in [0, 0.1) is 5.82 Å². The lowest BCUT2D eigenvalue weighted by Gasteiger charge is -2.06. The molecule has 158 valence electrons. The van der Waals surface area contributed by atoms with Crippen molar-refractivity contribution in [3.05, 3.63) is 64.2 Å². The first-order chi connectivity index (χ1) is 14.5. The van der Waals surface area contributed by atoms with Crippen molar-refractivity contribution in [2.75, 3.05) is 6.61 Å². The van der Waals surface area contributed by atoms with E-state index in [4.69, 9.17) is 4.74 Å². The van der Waals surface area contributed by atoms with Gasteiger partial charge in [-0.3, -0.25) is 9.59 Å². The van der Waals surface area contributed by atoms with Crippen molar-refractivity contribution in [2.24, 2.45) is 4.99 Å². The van der Waals surface area contributed by atoms with Crippen molar-refractivity contribution in [1.82, 2.24) is 4.57 Å². The second-order valence-electron chi connectivity index (χ2n) is 6.99. The van der Waals surface area contributed by atoms with Crippen LogP contribution in [0.15, 0.2) is 47.5 Å². The molecular formula is C23H25FN2O3S. The predicted octanol–water partition coefficient (Wildman–Crippen LogP) is 4.42. The molecule has 0 saturated heterocycles. The summed E-state index contributed by atoms with van der Waals surface area (Å²) in [6, 6.07) is 11.9. The van der Waals surface area contributed by atoms with Gasteiger partial charge in [-0.1, -0.05) is 42.9 Å². The van der Waals surface area contributed by atoms with Crippen LogP contribution in [-0.4, -0.2) is 23.1 Å². The zero-order valence-corrected chi connectivity index (χ0v) is 18.0. The zero-order chi connectivity index (χ0) is 21.5. The lowest BCUT2D eigenvalue weighted by Crippen LogP contribution is -2.23. The number of hydrogen-bond acceptors (Lipinski definition) is 4. The van der Waals surface area contributed by atoms with Gasteiger partial charge in [0, 0.05) is 0 Å². The van der Waals surface area contributed by atoms with E-state index in [2.05, 4.69) is 24.0 Å². The molecule has 5 nitrogen and oxygen atoms in total. The number of esters is 1. The third-order valence-electron chi connectivity index (χ3n) is 4.65. The normalized spacial score (nSPS) is 11.8. The molecule has 0 saturated carbocycles. The smallest absolute Gasteiger partial charge is 0.326 e. The van der Waals surface area contributed by atoms with Gasteiger partial charge in [0.2, 0.25) is 0 Å². The highest BCUT2D eigenvalue weighted by atomic mass is 32.1. The number of unbranched alkanes of at least 4 members (excludes halogenated alkanes) is 1. The Morgan fingerprint density at radius 3 is 2.53 bits per heavy atom. The number of fused-ring (bicyclic) bond motifs is 1. The lowest BCUT2D eigenvalue weighted by atomic mass is 10.1. The molecule has 0 aliphatic heterocycles. The van der Waals surface area contributed by atoms with E-state index in [1.165, 1.54) is 29.0 Å². The molecule has 0 atom stereocenters. The van der Waals surface area contributed by atoms with E-state index in [1.54, 1.807) is 23.6 Å². The molecule has 0 aliphatic carbocycles. The number of ether oxygens (including phenoxy) is 1. The number of hydrogen-bond donors (Lipinski definition) is 0. The van der Waals surface area contributed by atoms with Crippen molar-refractivity contribution < 1.29 is 18.7 Å².